The topological polar surface area (TPSA) is 52.6 Å². The first-order valence-corrected chi connectivity index (χ1v) is 6.12. The van der Waals surface area contributed by atoms with E-state index < -0.39 is 11.9 Å². The Hall–Kier alpha value is -0.521. The van der Waals surface area contributed by atoms with Crippen molar-refractivity contribution in [3.8, 4) is 0 Å². The number of hydrogen-bond acceptors (Lipinski definition) is 4. The molecule has 2 radical (unpaired) electrons. The Labute approximate surface area is 126 Å². The van der Waals surface area contributed by atoms with Crippen LogP contribution in [-0.2, 0) is 19.1 Å². The molecule has 0 aliphatic heterocycles. The number of carbonyl (C=O) groups excluding carboxylic acids is 2. The normalized spacial score (nSPS) is 9.22. The molecule has 0 heterocycles. The second-order valence-electron chi connectivity index (χ2n) is 3.84. The first-order chi connectivity index (χ1) is 8.11. The van der Waals surface area contributed by atoms with Crippen LogP contribution in [0, 0.1) is 0 Å². The fourth-order valence-corrected chi connectivity index (χ4v) is 1.04. The molecule has 0 aromatic rings. The third-order valence-electron chi connectivity index (χ3n) is 2.14. The zero-order valence-electron chi connectivity index (χ0n) is 11.5. The minimum atomic E-state index is -0.508. The maximum atomic E-state index is 11.4. The van der Waals surface area contributed by atoms with Gasteiger partial charge in [0.15, 0.2) is 0 Å². The molecule has 0 N–H and O–H groups in total. The summed E-state index contributed by atoms with van der Waals surface area (Å²) in [5, 5.41) is 0. The molecule has 0 aromatic heterocycles. The molecule has 0 atom stereocenters. The molecule has 18 heavy (non-hydrogen) atoms. The van der Waals surface area contributed by atoms with Gasteiger partial charge < -0.3 is 9.47 Å². The van der Waals surface area contributed by atoms with Gasteiger partial charge >= 0.3 is 35.8 Å². The molecule has 104 valence electrons. The second-order valence-corrected chi connectivity index (χ2v) is 3.84. The second kappa shape index (κ2) is 12.9. The molecule has 0 aromatic carbocycles. The van der Waals surface area contributed by atoms with Crippen LogP contribution < -0.4 is 0 Å². The van der Waals surface area contributed by atoms with Gasteiger partial charge in [-0.3, -0.25) is 4.79 Å². The first kappa shape index (κ1) is 19.8. The van der Waals surface area contributed by atoms with Crippen LogP contribution in [0.3, 0.4) is 0 Å². The summed E-state index contributed by atoms with van der Waals surface area (Å²) >= 11 is 0. The van der Waals surface area contributed by atoms with Crippen molar-refractivity contribution in [3.63, 3.8) is 0 Å². The van der Waals surface area contributed by atoms with Crippen molar-refractivity contribution in [2.75, 3.05) is 13.2 Å². The van der Waals surface area contributed by atoms with Crippen LogP contribution in [0.2, 0.25) is 0 Å². The summed E-state index contributed by atoms with van der Waals surface area (Å²) in [5.41, 5.74) is 0.155. The Morgan fingerprint density at radius 3 is 2.00 bits per heavy atom. The van der Waals surface area contributed by atoms with E-state index in [0.717, 1.165) is 25.7 Å². The van der Waals surface area contributed by atoms with Gasteiger partial charge in [0, 0.05) is 5.57 Å². The van der Waals surface area contributed by atoms with Gasteiger partial charge in [0.25, 0.3) is 0 Å². The SMILES string of the molecule is C=C(CC(=O)OCCCC)C(=O)OCCCC.[SnH2]. The molecule has 4 nitrogen and oxygen atoms in total. The van der Waals surface area contributed by atoms with Crippen LogP contribution in [-0.4, -0.2) is 49.1 Å². The zero-order chi connectivity index (χ0) is 13.1. The van der Waals surface area contributed by atoms with E-state index >= 15 is 0 Å². The van der Waals surface area contributed by atoms with Gasteiger partial charge in [0.1, 0.15) is 0 Å². The van der Waals surface area contributed by atoms with Crippen LogP contribution in [0.15, 0.2) is 12.2 Å². The molecule has 0 saturated heterocycles. The Bertz CT molecular complexity index is 264. The summed E-state index contributed by atoms with van der Waals surface area (Å²) in [5.74, 6) is -0.929. The molecule has 0 amide bonds. The van der Waals surface area contributed by atoms with Crippen molar-refractivity contribution < 1.29 is 19.1 Å². The van der Waals surface area contributed by atoms with E-state index in [4.69, 9.17) is 9.47 Å². The monoisotopic (exact) mass is 364 g/mol. The summed E-state index contributed by atoms with van der Waals surface area (Å²) < 4.78 is 9.85. The van der Waals surface area contributed by atoms with Gasteiger partial charge in [-0.2, -0.15) is 0 Å². The summed E-state index contributed by atoms with van der Waals surface area (Å²) in [7, 11) is 0. The van der Waals surface area contributed by atoms with E-state index in [1.165, 1.54) is 0 Å². The average Bonchev–Trinajstić information content (AvgIpc) is 2.29. The summed E-state index contributed by atoms with van der Waals surface area (Å²) in [4.78, 5) is 22.6. The fourth-order valence-electron chi connectivity index (χ4n) is 1.04. The van der Waals surface area contributed by atoms with Gasteiger partial charge in [-0.15, -0.1) is 0 Å². The van der Waals surface area contributed by atoms with Crippen LogP contribution in [0.5, 0.6) is 0 Å². The average molecular weight is 363 g/mol. The van der Waals surface area contributed by atoms with E-state index in [-0.39, 0.29) is 35.9 Å². The molecule has 0 bridgehead atoms. The van der Waals surface area contributed by atoms with Crippen LogP contribution in [0.4, 0.5) is 0 Å². The van der Waals surface area contributed by atoms with Crippen molar-refractivity contribution in [2.24, 2.45) is 0 Å². The summed E-state index contributed by atoms with van der Waals surface area (Å²) in [6, 6.07) is 0. The third-order valence-corrected chi connectivity index (χ3v) is 2.14. The molecule has 0 fully saturated rings. The van der Waals surface area contributed by atoms with Gasteiger partial charge in [0.2, 0.25) is 0 Å². The van der Waals surface area contributed by atoms with E-state index in [2.05, 4.69) is 6.58 Å². The quantitative estimate of drug-likeness (QED) is 0.271. The molecule has 5 heteroatoms. The Morgan fingerprint density at radius 1 is 1.00 bits per heavy atom. The number of carbonyl (C=O) groups is 2. The molecular formula is C13H24O4Sn. The number of ether oxygens (including phenoxy) is 2. The Balaban J connectivity index is 0. The minimum absolute atomic E-state index is 0. The third kappa shape index (κ3) is 10.6. The maximum absolute atomic E-state index is 11.4. The molecule has 0 aliphatic carbocycles. The van der Waals surface area contributed by atoms with Crippen LogP contribution in [0.25, 0.3) is 0 Å². The van der Waals surface area contributed by atoms with Crippen molar-refractivity contribution in [1.82, 2.24) is 0 Å². The van der Waals surface area contributed by atoms with E-state index in [1.807, 2.05) is 13.8 Å². The van der Waals surface area contributed by atoms with Gasteiger partial charge in [-0.05, 0) is 12.8 Å². The molecule has 0 rings (SSSR count). The van der Waals surface area contributed by atoms with Gasteiger partial charge in [-0.1, -0.05) is 33.3 Å². The molecule has 0 spiro atoms. The number of unbranched alkanes of at least 4 members (excludes halogenated alkanes) is 2. The van der Waals surface area contributed by atoms with Gasteiger partial charge in [0.05, 0.1) is 19.6 Å². The van der Waals surface area contributed by atoms with Crippen LogP contribution >= 0.6 is 0 Å². The van der Waals surface area contributed by atoms with Crippen molar-refractivity contribution in [2.45, 2.75) is 46.0 Å². The molecule has 0 saturated carbocycles. The fraction of sp³-hybridized carbons (Fsp3) is 0.692. The molecular weight excluding hydrogens is 339 g/mol. The van der Waals surface area contributed by atoms with Gasteiger partial charge in [-0.25, -0.2) is 4.79 Å². The standard InChI is InChI=1S/C13H22O4.Sn.2H/c1-4-6-8-16-12(14)10-11(3)13(15)17-9-7-5-2;;;/h3-10H2,1-2H3;;;. The predicted molar refractivity (Wildman–Crippen MR) is 74.0 cm³/mol. The van der Waals surface area contributed by atoms with Crippen molar-refractivity contribution >= 4 is 35.8 Å². The molecule has 0 aliphatic rings. The Kier molecular flexibility index (Phi) is 14.2. The Morgan fingerprint density at radius 2 is 1.50 bits per heavy atom. The first-order valence-electron chi connectivity index (χ1n) is 6.12. The van der Waals surface area contributed by atoms with Crippen LogP contribution in [0.1, 0.15) is 46.0 Å². The molecule has 0 unspecified atom stereocenters. The zero-order valence-corrected chi connectivity index (χ0v) is 15.5. The number of rotatable bonds is 9. The van der Waals surface area contributed by atoms with E-state index in [9.17, 15) is 9.59 Å². The predicted octanol–water partition coefficient (Wildman–Crippen LogP) is 1.70. The summed E-state index contributed by atoms with van der Waals surface area (Å²) in [6.45, 7) is 8.32. The van der Waals surface area contributed by atoms with E-state index in [1.54, 1.807) is 0 Å². The van der Waals surface area contributed by atoms with Crippen molar-refractivity contribution in [3.05, 3.63) is 12.2 Å². The van der Waals surface area contributed by atoms with E-state index in [0.29, 0.717) is 13.2 Å². The van der Waals surface area contributed by atoms with Crippen molar-refractivity contribution in [1.29, 1.82) is 0 Å². The summed E-state index contributed by atoms with van der Waals surface area (Å²) in [6.07, 6.45) is 3.49. The number of esters is 2. The number of hydrogen-bond donors (Lipinski definition) is 0.